The highest BCUT2D eigenvalue weighted by Gasteiger charge is 2.59. The Hall–Kier alpha value is -0.570. The van der Waals surface area contributed by atoms with Crippen LogP contribution in [0.25, 0.3) is 0 Å². The predicted molar refractivity (Wildman–Crippen MR) is 58.6 cm³/mol. The summed E-state index contributed by atoms with van der Waals surface area (Å²) in [6.07, 6.45) is 4.39. The lowest BCUT2D eigenvalue weighted by atomic mass is 10.1. The van der Waals surface area contributed by atoms with Gasteiger partial charge in [0.25, 0.3) is 0 Å². The van der Waals surface area contributed by atoms with Crippen molar-refractivity contribution >= 4 is 5.97 Å². The molecule has 0 aromatic heterocycles. The first-order valence-corrected chi connectivity index (χ1v) is 6.07. The molecule has 0 aromatic carbocycles. The fraction of sp³-hybridized carbons (Fsp3) is 0.917. The molecule has 2 unspecified atom stereocenters. The van der Waals surface area contributed by atoms with Crippen molar-refractivity contribution in [2.24, 2.45) is 0 Å². The van der Waals surface area contributed by atoms with Crippen LogP contribution in [0.5, 0.6) is 0 Å². The van der Waals surface area contributed by atoms with Gasteiger partial charge in [-0.2, -0.15) is 0 Å². The predicted octanol–water partition coefficient (Wildman–Crippen LogP) is 1.95. The molecule has 3 nitrogen and oxygen atoms in total. The summed E-state index contributed by atoms with van der Waals surface area (Å²) in [6.45, 7) is 6.83. The molecule has 3 heteroatoms. The molecule has 0 bridgehead atoms. The maximum absolute atomic E-state index is 11.9. The van der Waals surface area contributed by atoms with Crippen molar-refractivity contribution in [2.45, 2.75) is 64.1 Å². The van der Waals surface area contributed by atoms with Crippen LogP contribution in [0, 0.1) is 0 Å². The zero-order valence-corrected chi connectivity index (χ0v) is 9.95. The van der Waals surface area contributed by atoms with Gasteiger partial charge in [0, 0.05) is 12.1 Å². The van der Waals surface area contributed by atoms with E-state index in [-0.39, 0.29) is 11.5 Å². The van der Waals surface area contributed by atoms with E-state index in [1.807, 2.05) is 6.92 Å². The highest BCUT2D eigenvalue weighted by molar-refractivity contribution is 5.84. The summed E-state index contributed by atoms with van der Waals surface area (Å²) in [5.41, 5.74) is -0.245. The first-order valence-electron chi connectivity index (χ1n) is 6.07. The van der Waals surface area contributed by atoms with Gasteiger partial charge in [-0.15, -0.1) is 0 Å². The van der Waals surface area contributed by atoms with Gasteiger partial charge in [0.1, 0.15) is 5.54 Å². The van der Waals surface area contributed by atoms with Crippen LogP contribution in [0.15, 0.2) is 0 Å². The molecule has 0 amide bonds. The van der Waals surface area contributed by atoms with E-state index in [2.05, 4.69) is 18.7 Å². The van der Waals surface area contributed by atoms with Crippen LogP contribution in [0.3, 0.4) is 0 Å². The van der Waals surface area contributed by atoms with Crippen LogP contribution in [0.2, 0.25) is 0 Å². The first-order chi connectivity index (χ1) is 7.12. The molecule has 15 heavy (non-hydrogen) atoms. The minimum Gasteiger partial charge on any atom is -0.465 e. The molecular weight excluding hydrogens is 190 g/mol. The Balaban J connectivity index is 2.11. The van der Waals surface area contributed by atoms with Gasteiger partial charge in [-0.1, -0.05) is 0 Å². The summed E-state index contributed by atoms with van der Waals surface area (Å²) in [7, 11) is 0. The molecule has 1 heterocycles. The second-order valence-electron chi connectivity index (χ2n) is 4.93. The van der Waals surface area contributed by atoms with Crippen molar-refractivity contribution in [3.8, 4) is 0 Å². The number of nitrogens with zero attached hydrogens (tertiary/aromatic N) is 1. The number of ether oxygens (including phenoxy) is 1. The summed E-state index contributed by atoms with van der Waals surface area (Å²) in [5.74, 6) is 0.00519. The number of likely N-dealkylation sites (tertiary alicyclic amines) is 1. The van der Waals surface area contributed by atoms with Crippen LogP contribution < -0.4 is 0 Å². The average Bonchev–Trinajstić information content (AvgIpc) is 2.91. The van der Waals surface area contributed by atoms with E-state index in [9.17, 15) is 4.79 Å². The lowest BCUT2D eigenvalue weighted by molar-refractivity contribution is -0.152. The van der Waals surface area contributed by atoms with E-state index in [4.69, 9.17) is 4.74 Å². The van der Waals surface area contributed by atoms with Crippen molar-refractivity contribution in [3.05, 3.63) is 0 Å². The Morgan fingerprint density at radius 2 is 1.87 bits per heavy atom. The molecular formula is C12H21NO2. The molecule has 1 saturated heterocycles. The van der Waals surface area contributed by atoms with Crippen LogP contribution >= 0.6 is 0 Å². The maximum Gasteiger partial charge on any atom is 0.326 e. The van der Waals surface area contributed by atoms with Gasteiger partial charge in [0.15, 0.2) is 0 Å². The number of esters is 1. The van der Waals surface area contributed by atoms with Gasteiger partial charge in [-0.25, -0.2) is 0 Å². The van der Waals surface area contributed by atoms with Crippen molar-refractivity contribution in [1.29, 1.82) is 0 Å². The van der Waals surface area contributed by atoms with E-state index < -0.39 is 0 Å². The van der Waals surface area contributed by atoms with Gasteiger partial charge in [0.2, 0.25) is 0 Å². The monoisotopic (exact) mass is 211 g/mol. The van der Waals surface area contributed by atoms with Gasteiger partial charge in [-0.05, 0) is 46.5 Å². The molecule has 0 aromatic rings. The Labute approximate surface area is 91.8 Å². The lowest BCUT2D eigenvalue weighted by Crippen LogP contribution is -2.49. The Morgan fingerprint density at radius 3 is 2.27 bits per heavy atom. The fourth-order valence-corrected chi connectivity index (χ4v) is 2.99. The van der Waals surface area contributed by atoms with Crippen LogP contribution in [-0.2, 0) is 9.53 Å². The lowest BCUT2D eigenvalue weighted by Gasteiger charge is -2.33. The number of hydrogen-bond acceptors (Lipinski definition) is 3. The number of carbonyl (C=O) groups excluding carboxylic acids is 1. The van der Waals surface area contributed by atoms with Gasteiger partial charge >= 0.3 is 5.97 Å². The Kier molecular flexibility index (Phi) is 2.75. The van der Waals surface area contributed by atoms with Crippen LogP contribution in [0.4, 0.5) is 0 Å². The molecule has 2 aliphatic rings. The first kappa shape index (κ1) is 10.9. The third-order valence-electron chi connectivity index (χ3n) is 3.83. The smallest absolute Gasteiger partial charge is 0.326 e. The third-order valence-corrected chi connectivity index (χ3v) is 3.83. The van der Waals surface area contributed by atoms with Gasteiger partial charge in [0.05, 0.1) is 6.61 Å². The number of carbonyl (C=O) groups is 1. The van der Waals surface area contributed by atoms with Gasteiger partial charge in [-0.3, -0.25) is 9.69 Å². The quantitative estimate of drug-likeness (QED) is 0.668. The van der Waals surface area contributed by atoms with Crippen LogP contribution in [0.1, 0.15) is 46.5 Å². The fourth-order valence-electron chi connectivity index (χ4n) is 2.99. The molecule has 1 aliphatic heterocycles. The van der Waals surface area contributed by atoms with Crippen molar-refractivity contribution in [2.75, 3.05) is 6.61 Å². The summed E-state index contributed by atoms with van der Waals surface area (Å²) in [5, 5.41) is 0. The second kappa shape index (κ2) is 3.78. The zero-order valence-electron chi connectivity index (χ0n) is 9.95. The molecule has 86 valence electrons. The number of rotatable bonds is 3. The number of hydrogen-bond donors (Lipinski definition) is 0. The SMILES string of the molecule is CCOC(=O)C1(N2C(C)CCC2C)CC1. The molecule has 2 fully saturated rings. The summed E-state index contributed by atoms with van der Waals surface area (Å²) >= 11 is 0. The summed E-state index contributed by atoms with van der Waals surface area (Å²) in [4.78, 5) is 14.3. The Bertz CT molecular complexity index is 250. The molecule has 0 radical (unpaired) electrons. The molecule has 2 rings (SSSR count). The largest absolute Gasteiger partial charge is 0.465 e. The van der Waals surface area contributed by atoms with Crippen LogP contribution in [-0.4, -0.2) is 35.1 Å². The third kappa shape index (κ3) is 1.67. The second-order valence-corrected chi connectivity index (χ2v) is 4.93. The zero-order chi connectivity index (χ0) is 11.1. The summed E-state index contributed by atoms with van der Waals surface area (Å²) < 4.78 is 5.20. The summed E-state index contributed by atoms with van der Waals surface area (Å²) in [6, 6.07) is 1.07. The molecule has 0 N–H and O–H groups in total. The normalized spacial score (nSPS) is 34.1. The highest BCUT2D eigenvalue weighted by Crippen LogP contribution is 2.48. The van der Waals surface area contributed by atoms with Crippen molar-refractivity contribution in [3.63, 3.8) is 0 Å². The van der Waals surface area contributed by atoms with Crippen molar-refractivity contribution in [1.82, 2.24) is 4.90 Å². The molecule has 1 saturated carbocycles. The van der Waals surface area contributed by atoms with E-state index >= 15 is 0 Å². The van der Waals surface area contributed by atoms with E-state index in [1.165, 1.54) is 12.8 Å². The standard InChI is InChI=1S/C12H21NO2/c1-4-15-11(14)12(7-8-12)13-9(2)5-6-10(13)3/h9-10H,4-8H2,1-3H3. The molecule has 1 aliphatic carbocycles. The highest BCUT2D eigenvalue weighted by atomic mass is 16.5. The van der Waals surface area contributed by atoms with E-state index in [1.54, 1.807) is 0 Å². The Morgan fingerprint density at radius 1 is 1.33 bits per heavy atom. The minimum absolute atomic E-state index is 0.00519. The molecule has 2 atom stereocenters. The van der Waals surface area contributed by atoms with Crippen molar-refractivity contribution < 1.29 is 9.53 Å². The topological polar surface area (TPSA) is 29.5 Å². The van der Waals surface area contributed by atoms with Gasteiger partial charge < -0.3 is 4.74 Å². The minimum atomic E-state index is -0.245. The van der Waals surface area contributed by atoms with E-state index in [0.29, 0.717) is 18.7 Å². The average molecular weight is 211 g/mol. The van der Waals surface area contributed by atoms with E-state index in [0.717, 1.165) is 12.8 Å². The maximum atomic E-state index is 11.9. The molecule has 0 spiro atoms.